The van der Waals surface area contributed by atoms with Gasteiger partial charge in [-0.1, -0.05) is 18.2 Å². The molecule has 0 heterocycles. The summed E-state index contributed by atoms with van der Waals surface area (Å²) in [4.78, 5) is 0. The van der Waals surface area contributed by atoms with Gasteiger partial charge in [-0.2, -0.15) is 0 Å². The van der Waals surface area contributed by atoms with E-state index in [1.165, 1.54) is 50.0 Å². The molecule has 0 aliphatic heterocycles. The Bertz CT molecular complexity index is 402. The molecule has 2 nitrogen and oxygen atoms in total. The van der Waals surface area contributed by atoms with Gasteiger partial charge in [0.1, 0.15) is 0 Å². The Morgan fingerprint density at radius 3 is 2.90 bits per heavy atom. The molecule has 2 rings (SSSR count). The molecule has 3 atom stereocenters. The molecule has 0 aromatic heterocycles. The molecule has 0 amide bonds. The second-order valence-electron chi connectivity index (χ2n) is 6.19. The normalized spacial score (nSPS) is 26.8. The topological polar surface area (TPSA) is 12.5 Å². The molecule has 21 heavy (non-hydrogen) atoms. The SMILES string of the molecule is C=CCCN(P[C@H]1CC=CCC1)[C@H]1CCC(OC)=C(C)C1. The number of nitrogens with zero attached hydrogens (tertiary/aromatic N) is 1. The summed E-state index contributed by atoms with van der Waals surface area (Å²) in [6.45, 7) is 7.31. The highest BCUT2D eigenvalue weighted by molar-refractivity contribution is 7.36. The minimum Gasteiger partial charge on any atom is -0.501 e. The first-order valence-electron chi connectivity index (χ1n) is 8.26. The molecule has 0 fully saturated rings. The molecule has 2 aliphatic carbocycles. The van der Waals surface area contributed by atoms with E-state index >= 15 is 0 Å². The van der Waals surface area contributed by atoms with E-state index in [0.717, 1.165) is 27.2 Å². The van der Waals surface area contributed by atoms with Crippen LogP contribution in [-0.2, 0) is 4.74 Å². The first kappa shape index (κ1) is 16.8. The molecule has 0 N–H and O–H groups in total. The van der Waals surface area contributed by atoms with Crippen LogP contribution in [0, 0.1) is 0 Å². The minimum atomic E-state index is 0.702. The molecule has 0 bridgehead atoms. The van der Waals surface area contributed by atoms with E-state index < -0.39 is 0 Å². The number of hydrogen-bond donors (Lipinski definition) is 0. The predicted octanol–water partition coefficient (Wildman–Crippen LogP) is 5.04. The standard InChI is InChI=1S/C18H30NOP/c1-4-5-13-19(21-17-9-7-6-8-10-17)16-11-12-18(20-3)15(2)14-16/h4,6-7,16-17,21H,1,5,8-14H2,2-3H3/t16-,17-/m0/s1. The van der Waals surface area contributed by atoms with Gasteiger partial charge in [-0.15, -0.1) is 6.58 Å². The third-order valence-corrected chi connectivity index (χ3v) is 6.41. The minimum absolute atomic E-state index is 0.702. The van der Waals surface area contributed by atoms with E-state index in [2.05, 4.69) is 36.4 Å². The highest BCUT2D eigenvalue weighted by Crippen LogP contribution is 2.39. The van der Waals surface area contributed by atoms with Crippen molar-refractivity contribution in [2.45, 2.75) is 63.6 Å². The van der Waals surface area contributed by atoms with Crippen molar-refractivity contribution < 1.29 is 4.74 Å². The van der Waals surface area contributed by atoms with Crippen LogP contribution in [0.1, 0.15) is 51.9 Å². The van der Waals surface area contributed by atoms with Crippen LogP contribution in [0.3, 0.4) is 0 Å². The van der Waals surface area contributed by atoms with Crippen LogP contribution in [-0.4, -0.2) is 30.0 Å². The third-order valence-electron chi connectivity index (χ3n) is 4.60. The predicted molar refractivity (Wildman–Crippen MR) is 94.0 cm³/mol. The van der Waals surface area contributed by atoms with E-state index in [0.29, 0.717) is 6.04 Å². The van der Waals surface area contributed by atoms with Crippen molar-refractivity contribution in [3.8, 4) is 0 Å². The lowest BCUT2D eigenvalue weighted by Crippen LogP contribution is -2.33. The highest BCUT2D eigenvalue weighted by Gasteiger charge is 2.26. The van der Waals surface area contributed by atoms with Gasteiger partial charge in [0.2, 0.25) is 0 Å². The molecule has 0 aromatic carbocycles. The lowest BCUT2D eigenvalue weighted by atomic mass is 9.94. The Balaban J connectivity index is 1.97. The maximum absolute atomic E-state index is 5.50. The van der Waals surface area contributed by atoms with E-state index in [1.54, 1.807) is 0 Å². The molecule has 0 saturated carbocycles. The van der Waals surface area contributed by atoms with Crippen molar-refractivity contribution in [2.24, 2.45) is 0 Å². The van der Waals surface area contributed by atoms with Gasteiger partial charge in [-0.3, -0.25) is 4.67 Å². The van der Waals surface area contributed by atoms with Crippen LogP contribution in [0.15, 0.2) is 36.1 Å². The van der Waals surface area contributed by atoms with Crippen LogP contribution in [0.2, 0.25) is 0 Å². The second kappa shape index (κ2) is 8.76. The van der Waals surface area contributed by atoms with Crippen LogP contribution in [0.5, 0.6) is 0 Å². The van der Waals surface area contributed by atoms with Crippen molar-refractivity contribution in [3.05, 3.63) is 36.1 Å². The molecule has 0 saturated heterocycles. The molecule has 0 spiro atoms. The number of allylic oxidation sites excluding steroid dienone is 3. The second-order valence-corrected chi connectivity index (χ2v) is 7.83. The van der Waals surface area contributed by atoms with Gasteiger partial charge >= 0.3 is 0 Å². The molecular weight excluding hydrogens is 277 g/mol. The lowest BCUT2D eigenvalue weighted by Gasteiger charge is -2.37. The number of hydrogen-bond acceptors (Lipinski definition) is 2. The summed E-state index contributed by atoms with van der Waals surface area (Å²) in [5, 5.41) is 0. The summed E-state index contributed by atoms with van der Waals surface area (Å²) in [6, 6.07) is 0.702. The maximum atomic E-state index is 5.50. The third kappa shape index (κ3) is 4.97. The zero-order valence-corrected chi connectivity index (χ0v) is 14.6. The fraction of sp³-hybridized carbons (Fsp3) is 0.667. The Kier molecular flexibility index (Phi) is 6.99. The van der Waals surface area contributed by atoms with Crippen molar-refractivity contribution in [3.63, 3.8) is 0 Å². The largest absolute Gasteiger partial charge is 0.501 e. The summed E-state index contributed by atoms with van der Waals surface area (Å²) in [7, 11) is 2.78. The highest BCUT2D eigenvalue weighted by atomic mass is 31.1. The van der Waals surface area contributed by atoms with E-state index in [9.17, 15) is 0 Å². The zero-order valence-electron chi connectivity index (χ0n) is 13.6. The summed E-state index contributed by atoms with van der Waals surface area (Å²) < 4.78 is 8.25. The molecular formula is C18H30NOP. The van der Waals surface area contributed by atoms with E-state index in [1.807, 2.05) is 7.11 Å². The smallest absolute Gasteiger partial charge is 0.0945 e. The Morgan fingerprint density at radius 2 is 2.29 bits per heavy atom. The summed E-state index contributed by atoms with van der Waals surface area (Å²) in [5.74, 6) is 1.22. The van der Waals surface area contributed by atoms with Crippen LogP contribution in [0.4, 0.5) is 0 Å². The van der Waals surface area contributed by atoms with E-state index in [4.69, 9.17) is 4.74 Å². The van der Waals surface area contributed by atoms with Gasteiger partial charge in [-0.05, 0) is 65.4 Å². The van der Waals surface area contributed by atoms with Gasteiger partial charge in [-0.25, -0.2) is 0 Å². The Morgan fingerprint density at radius 1 is 1.43 bits per heavy atom. The van der Waals surface area contributed by atoms with Gasteiger partial charge in [0.25, 0.3) is 0 Å². The summed E-state index contributed by atoms with van der Waals surface area (Å²) >= 11 is 0. The average molecular weight is 307 g/mol. The lowest BCUT2D eigenvalue weighted by molar-refractivity contribution is 0.230. The van der Waals surface area contributed by atoms with Crippen LogP contribution < -0.4 is 0 Å². The maximum Gasteiger partial charge on any atom is 0.0945 e. The number of ether oxygens (including phenoxy) is 1. The quantitative estimate of drug-likeness (QED) is 0.482. The number of methoxy groups -OCH3 is 1. The van der Waals surface area contributed by atoms with Crippen LogP contribution >= 0.6 is 8.73 Å². The Hall–Kier alpha value is -0.590. The van der Waals surface area contributed by atoms with Gasteiger partial charge in [0.15, 0.2) is 0 Å². The fourth-order valence-corrected chi connectivity index (χ4v) is 5.05. The summed E-state index contributed by atoms with van der Waals surface area (Å²) in [5.41, 5.74) is 2.32. The van der Waals surface area contributed by atoms with Crippen molar-refractivity contribution in [1.29, 1.82) is 0 Å². The van der Waals surface area contributed by atoms with Crippen molar-refractivity contribution in [2.75, 3.05) is 13.7 Å². The molecule has 1 unspecified atom stereocenters. The molecule has 0 radical (unpaired) electrons. The van der Waals surface area contributed by atoms with Gasteiger partial charge in [0, 0.05) is 19.0 Å². The Labute approximate surface area is 132 Å². The van der Waals surface area contributed by atoms with Crippen molar-refractivity contribution >= 4 is 8.73 Å². The molecule has 3 heteroatoms. The zero-order chi connectivity index (χ0) is 15.1. The van der Waals surface area contributed by atoms with Gasteiger partial charge < -0.3 is 4.74 Å². The first-order chi connectivity index (χ1) is 10.2. The van der Waals surface area contributed by atoms with Crippen LogP contribution in [0.25, 0.3) is 0 Å². The monoisotopic (exact) mass is 307 g/mol. The molecule has 2 aliphatic rings. The molecule has 118 valence electrons. The fourth-order valence-electron chi connectivity index (χ4n) is 3.35. The average Bonchev–Trinajstić information content (AvgIpc) is 2.52. The van der Waals surface area contributed by atoms with Gasteiger partial charge in [0.05, 0.1) is 12.9 Å². The van der Waals surface area contributed by atoms with E-state index in [-0.39, 0.29) is 0 Å². The van der Waals surface area contributed by atoms with Crippen molar-refractivity contribution in [1.82, 2.24) is 4.67 Å². The first-order valence-corrected chi connectivity index (χ1v) is 9.28. The molecule has 0 aromatic rings. The summed E-state index contributed by atoms with van der Waals surface area (Å²) in [6.07, 6.45) is 15.3. The number of rotatable bonds is 7.